The number of amides is 1. The third-order valence-corrected chi connectivity index (χ3v) is 8.03. The summed E-state index contributed by atoms with van der Waals surface area (Å²) in [4.78, 5) is 14.0. The lowest BCUT2D eigenvalue weighted by Crippen LogP contribution is -2.34. The molecule has 3 aromatic rings. The van der Waals surface area contributed by atoms with Gasteiger partial charge in [0.2, 0.25) is 0 Å². The number of halogens is 1. The Morgan fingerprint density at radius 1 is 1.06 bits per heavy atom. The molecule has 2 aromatic carbocycles. The quantitative estimate of drug-likeness (QED) is 0.467. The fourth-order valence-electron chi connectivity index (χ4n) is 4.67. The van der Waals surface area contributed by atoms with Crippen LogP contribution in [0.2, 0.25) is 5.02 Å². The van der Waals surface area contributed by atoms with E-state index in [1.165, 1.54) is 11.3 Å². The first-order valence-corrected chi connectivity index (χ1v) is 12.2. The first-order chi connectivity index (χ1) is 16.0. The van der Waals surface area contributed by atoms with Gasteiger partial charge in [0.15, 0.2) is 5.79 Å². The number of carbonyl (C=O) groups is 1. The highest BCUT2D eigenvalue weighted by Crippen LogP contribution is 2.50. The highest BCUT2D eigenvalue weighted by Gasteiger charge is 2.41. The highest BCUT2D eigenvalue weighted by atomic mass is 35.5. The second kappa shape index (κ2) is 8.99. The Kier molecular flexibility index (Phi) is 6.05. The fourth-order valence-corrected chi connectivity index (χ4v) is 6.43. The van der Waals surface area contributed by atoms with Crippen LogP contribution >= 0.6 is 22.9 Å². The monoisotopic (exact) mass is 484 g/mol. The van der Waals surface area contributed by atoms with Crippen molar-refractivity contribution >= 4 is 34.5 Å². The van der Waals surface area contributed by atoms with Gasteiger partial charge in [0, 0.05) is 29.3 Å². The molecule has 1 aliphatic heterocycles. The zero-order valence-corrected chi connectivity index (χ0v) is 19.6. The van der Waals surface area contributed by atoms with E-state index in [-0.39, 0.29) is 5.92 Å². The summed E-state index contributed by atoms with van der Waals surface area (Å²) in [5, 5.41) is 0.467. The third kappa shape index (κ3) is 4.34. The van der Waals surface area contributed by atoms with E-state index >= 15 is 0 Å². The number of nitrogen functional groups attached to an aromatic ring is 1. The average molecular weight is 485 g/mol. The molecule has 2 heterocycles. The van der Waals surface area contributed by atoms with Crippen LogP contribution in [0, 0.1) is 0 Å². The van der Waals surface area contributed by atoms with Gasteiger partial charge in [-0.1, -0.05) is 29.8 Å². The number of para-hydroxylation sites is 1. The van der Waals surface area contributed by atoms with Gasteiger partial charge < -0.3 is 25.7 Å². The molecule has 0 unspecified atom stereocenters. The summed E-state index contributed by atoms with van der Waals surface area (Å²) in [6, 6.07) is 14.9. The van der Waals surface area contributed by atoms with Crippen LogP contribution in [-0.2, 0) is 9.47 Å². The Hall–Kier alpha value is -2.58. The number of rotatable bonds is 5. The maximum absolute atomic E-state index is 12.4. The number of benzene rings is 2. The third-order valence-electron chi connectivity index (χ3n) is 6.32. The number of thiophene rings is 1. The number of ether oxygens (including phenoxy) is 3. The summed E-state index contributed by atoms with van der Waals surface area (Å²) in [7, 11) is 0. The molecular formula is C25H25ClN2O4S. The van der Waals surface area contributed by atoms with E-state index in [0.717, 1.165) is 30.6 Å². The standard InChI is InChI=1S/C25H25ClN2O4S/c26-19-14-17(32-16-4-2-1-3-5-16)6-7-18(19)23-20(24(28)29)21(27)22(33-23)15-8-10-25(11-9-15)30-12-13-31-25/h1-7,14-15H,8-13,27H2,(H2,28,29). The van der Waals surface area contributed by atoms with Crippen LogP contribution in [0.4, 0.5) is 5.69 Å². The maximum Gasteiger partial charge on any atom is 0.252 e. The van der Waals surface area contributed by atoms with E-state index in [0.29, 0.717) is 51.4 Å². The summed E-state index contributed by atoms with van der Waals surface area (Å²) in [6.45, 7) is 1.29. The molecule has 1 amide bonds. The topological polar surface area (TPSA) is 96.8 Å². The van der Waals surface area contributed by atoms with Gasteiger partial charge in [-0.05, 0) is 43.0 Å². The summed E-state index contributed by atoms with van der Waals surface area (Å²) in [5.41, 5.74) is 13.7. The summed E-state index contributed by atoms with van der Waals surface area (Å²) >= 11 is 8.13. The van der Waals surface area contributed by atoms with E-state index in [4.69, 9.17) is 37.3 Å². The molecule has 2 aliphatic rings. The minimum atomic E-state index is -0.555. The van der Waals surface area contributed by atoms with Crippen LogP contribution in [0.25, 0.3) is 10.4 Å². The van der Waals surface area contributed by atoms with Gasteiger partial charge in [0.25, 0.3) is 5.91 Å². The number of hydrogen-bond acceptors (Lipinski definition) is 6. The van der Waals surface area contributed by atoms with Crippen molar-refractivity contribution in [1.82, 2.24) is 0 Å². The molecule has 0 atom stereocenters. The predicted octanol–water partition coefficient (Wildman–Crippen LogP) is 5.94. The van der Waals surface area contributed by atoms with Crippen molar-refractivity contribution < 1.29 is 19.0 Å². The van der Waals surface area contributed by atoms with Crippen molar-refractivity contribution in [1.29, 1.82) is 0 Å². The van der Waals surface area contributed by atoms with Gasteiger partial charge in [0.1, 0.15) is 11.5 Å². The van der Waals surface area contributed by atoms with Crippen LogP contribution in [-0.4, -0.2) is 24.9 Å². The van der Waals surface area contributed by atoms with Crippen LogP contribution in [0.15, 0.2) is 48.5 Å². The zero-order chi connectivity index (χ0) is 23.0. The lowest BCUT2D eigenvalue weighted by molar-refractivity contribution is -0.178. The molecule has 4 N–H and O–H groups in total. The predicted molar refractivity (Wildman–Crippen MR) is 130 cm³/mol. The van der Waals surface area contributed by atoms with Crippen molar-refractivity contribution in [2.24, 2.45) is 5.73 Å². The van der Waals surface area contributed by atoms with E-state index in [1.54, 1.807) is 6.07 Å². The molecule has 6 nitrogen and oxygen atoms in total. The summed E-state index contributed by atoms with van der Waals surface area (Å²) < 4.78 is 17.6. The summed E-state index contributed by atoms with van der Waals surface area (Å²) in [6.07, 6.45) is 3.37. The maximum atomic E-state index is 12.4. The molecule has 8 heteroatoms. The van der Waals surface area contributed by atoms with Crippen molar-refractivity contribution in [3.8, 4) is 21.9 Å². The van der Waals surface area contributed by atoms with E-state index in [9.17, 15) is 4.79 Å². The van der Waals surface area contributed by atoms with Gasteiger partial charge in [-0.25, -0.2) is 0 Å². The molecule has 1 saturated heterocycles. The van der Waals surface area contributed by atoms with Crippen LogP contribution in [0.1, 0.15) is 46.8 Å². The molecule has 5 rings (SSSR count). The number of carbonyl (C=O) groups excluding carboxylic acids is 1. The van der Waals surface area contributed by atoms with Gasteiger partial charge in [-0.15, -0.1) is 11.3 Å². The van der Waals surface area contributed by atoms with Gasteiger partial charge in [-0.2, -0.15) is 0 Å². The minimum absolute atomic E-state index is 0.222. The van der Waals surface area contributed by atoms with Gasteiger partial charge in [-0.3, -0.25) is 4.79 Å². The van der Waals surface area contributed by atoms with Gasteiger partial charge >= 0.3 is 0 Å². The first-order valence-electron chi connectivity index (χ1n) is 11.0. The van der Waals surface area contributed by atoms with E-state index in [2.05, 4.69) is 0 Å². The number of hydrogen-bond donors (Lipinski definition) is 2. The number of nitrogens with two attached hydrogens (primary N) is 2. The molecule has 1 aromatic heterocycles. The Labute approximate surface area is 201 Å². The molecule has 1 spiro atoms. The number of primary amides is 1. The average Bonchev–Trinajstić information content (AvgIpc) is 3.40. The molecule has 33 heavy (non-hydrogen) atoms. The molecular weight excluding hydrogens is 460 g/mol. The Balaban J connectivity index is 1.44. The van der Waals surface area contributed by atoms with Crippen molar-refractivity contribution in [3.63, 3.8) is 0 Å². The van der Waals surface area contributed by atoms with Crippen molar-refractivity contribution in [2.45, 2.75) is 37.4 Å². The largest absolute Gasteiger partial charge is 0.457 e. The zero-order valence-electron chi connectivity index (χ0n) is 18.0. The Morgan fingerprint density at radius 2 is 1.76 bits per heavy atom. The van der Waals surface area contributed by atoms with E-state index < -0.39 is 11.7 Å². The Morgan fingerprint density at radius 3 is 2.39 bits per heavy atom. The van der Waals surface area contributed by atoms with Crippen molar-refractivity contribution in [2.75, 3.05) is 18.9 Å². The van der Waals surface area contributed by atoms with E-state index in [1.807, 2.05) is 42.5 Å². The molecule has 0 bridgehead atoms. The van der Waals surface area contributed by atoms with Crippen molar-refractivity contribution in [3.05, 3.63) is 64.0 Å². The molecule has 2 fully saturated rings. The highest BCUT2D eigenvalue weighted by molar-refractivity contribution is 7.16. The normalized spacial score (nSPS) is 18.0. The van der Waals surface area contributed by atoms with Crippen LogP contribution in [0.3, 0.4) is 0 Å². The fraction of sp³-hybridized carbons (Fsp3) is 0.320. The second-order valence-corrected chi connectivity index (χ2v) is 9.85. The second-order valence-electron chi connectivity index (χ2n) is 8.39. The first kappa shape index (κ1) is 22.2. The smallest absolute Gasteiger partial charge is 0.252 e. The SMILES string of the molecule is NC(=O)c1c(-c2ccc(Oc3ccccc3)cc2Cl)sc(C2CCC3(CC2)OCCO3)c1N. The lowest BCUT2D eigenvalue weighted by Gasteiger charge is -2.35. The lowest BCUT2D eigenvalue weighted by atomic mass is 9.83. The van der Waals surface area contributed by atoms with Crippen LogP contribution in [0.5, 0.6) is 11.5 Å². The summed E-state index contributed by atoms with van der Waals surface area (Å²) in [5.74, 6) is 0.539. The number of anilines is 1. The molecule has 0 radical (unpaired) electrons. The van der Waals surface area contributed by atoms with Gasteiger partial charge in [0.05, 0.1) is 34.4 Å². The Bertz CT molecular complexity index is 1160. The minimum Gasteiger partial charge on any atom is -0.457 e. The molecule has 1 saturated carbocycles. The van der Waals surface area contributed by atoms with Crippen LogP contribution < -0.4 is 16.2 Å². The molecule has 172 valence electrons. The molecule has 1 aliphatic carbocycles.